The highest BCUT2D eigenvalue weighted by molar-refractivity contribution is 5.70. The number of ether oxygens (including phenoxy) is 2. The first-order valence-corrected chi connectivity index (χ1v) is 21.5. The average molecular weight is 725 g/mol. The second kappa shape index (κ2) is 42.8. The Balaban J connectivity index is 3.62. The minimum Gasteiger partial charge on any atom is -0.462 e. The van der Waals surface area contributed by atoms with Gasteiger partial charge in [-0.15, -0.1) is 0 Å². The summed E-state index contributed by atoms with van der Waals surface area (Å²) in [4.78, 5) is 24.3. The maximum Gasteiger partial charge on any atom is 0.306 e. The number of allylic oxidation sites excluding steroid dienone is 12. The lowest BCUT2D eigenvalue weighted by molar-refractivity contribution is -0.161. The van der Waals surface area contributed by atoms with E-state index in [0.717, 1.165) is 77.0 Å². The van der Waals surface area contributed by atoms with Crippen LogP contribution < -0.4 is 0 Å². The van der Waals surface area contributed by atoms with Gasteiger partial charge >= 0.3 is 11.9 Å². The molecule has 0 saturated heterocycles. The van der Waals surface area contributed by atoms with Gasteiger partial charge < -0.3 is 14.6 Å². The Labute approximate surface area is 321 Å². The van der Waals surface area contributed by atoms with Gasteiger partial charge in [0.05, 0.1) is 6.61 Å². The van der Waals surface area contributed by atoms with Gasteiger partial charge in [-0.25, -0.2) is 0 Å². The Bertz CT molecular complexity index is 957. The van der Waals surface area contributed by atoms with Crippen LogP contribution in [-0.4, -0.2) is 36.4 Å². The maximum atomic E-state index is 12.2. The number of aliphatic hydroxyl groups is 1. The number of hydrogen-bond acceptors (Lipinski definition) is 5. The Kier molecular flexibility index (Phi) is 40.6. The molecule has 0 rings (SSSR count). The second-order valence-corrected chi connectivity index (χ2v) is 14.0. The normalized spacial score (nSPS) is 12.9. The smallest absolute Gasteiger partial charge is 0.306 e. The van der Waals surface area contributed by atoms with E-state index in [-0.39, 0.29) is 25.2 Å². The van der Waals surface area contributed by atoms with E-state index in [0.29, 0.717) is 12.8 Å². The zero-order valence-electron chi connectivity index (χ0n) is 33.8. The number of rotatable bonds is 38. The molecule has 0 aromatic carbocycles. The largest absolute Gasteiger partial charge is 0.462 e. The molecule has 0 bridgehead atoms. The van der Waals surface area contributed by atoms with E-state index in [1.54, 1.807) is 0 Å². The van der Waals surface area contributed by atoms with E-state index in [2.05, 4.69) is 86.8 Å². The molecule has 0 aliphatic rings. The maximum absolute atomic E-state index is 12.2. The summed E-state index contributed by atoms with van der Waals surface area (Å²) < 4.78 is 10.6. The van der Waals surface area contributed by atoms with Gasteiger partial charge in [-0.05, 0) is 83.5 Å². The van der Waals surface area contributed by atoms with Crippen LogP contribution in [0.2, 0.25) is 0 Å². The molecule has 0 aromatic rings. The summed E-state index contributed by atoms with van der Waals surface area (Å²) in [6, 6.07) is 0. The molecule has 52 heavy (non-hydrogen) atoms. The molecule has 0 heterocycles. The second-order valence-electron chi connectivity index (χ2n) is 14.0. The average Bonchev–Trinajstić information content (AvgIpc) is 3.15. The number of esters is 2. The van der Waals surface area contributed by atoms with Gasteiger partial charge in [-0.3, -0.25) is 9.59 Å². The predicted octanol–water partition coefficient (Wildman–Crippen LogP) is 13.7. The van der Waals surface area contributed by atoms with E-state index in [9.17, 15) is 14.7 Å². The molecule has 0 saturated carbocycles. The van der Waals surface area contributed by atoms with E-state index in [4.69, 9.17) is 9.47 Å². The van der Waals surface area contributed by atoms with Crippen molar-refractivity contribution in [2.45, 2.75) is 200 Å². The number of carbonyl (C=O) groups is 2. The molecule has 1 N–H and O–H groups in total. The number of carbonyl (C=O) groups excluding carboxylic acids is 2. The zero-order chi connectivity index (χ0) is 37.8. The molecule has 0 aromatic heterocycles. The highest BCUT2D eigenvalue weighted by Gasteiger charge is 2.16. The van der Waals surface area contributed by atoms with E-state index < -0.39 is 6.10 Å². The molecule has 5 nitrogen and oxygen atoms in total. The predicted molar refractivity (Wildman–Crippen MR) is 223 cm³/mol. The van der Waals surface area contributed by atoms with Crippen molar-refractivity contribution < 1.29 is 24.2 Å². The first kappa shape index (κ1) is 49.3. The lowest BCUT2D eigenvalue weighted by Crippen LogP contribution is -2.28. The first-order valence-electron chi connectivity index (χ1n) is 21.5. The van der Waals surface area contributed by atoms with Crippen molar-refractivity contribution in [2.24, 2.45) is 0 Å². The van der Waals surface area contributed by atoms with Crippen molar-refractivity contribution in [3.8, 4) is 0 Å². The van der Waals surface area contributed by atoms with Crippen LogP contribution >= 0.6 is 0 Å². The van der Waals surface area contributed by atoms with Gasteiger partial charge in [0.25, 0.3) is 0 Å². The molecule has 0 amide bonds. The molecule has 0 unspecified atom stereocenters. The molecule has 5 heteroatoms. The summed E-state index contributed by atoms with van der Waals surface area (Å²) in [7, 11) is 0. The fraction of sp³-hybridized carbons (Fsp3) is 0.702. The van der Waals surface area contributed by atoms with Gasteiger partial charge in [0.1, 0.15) is 6.61 Å². The van der Waals surface area contributed by atoms with Crippen LogP contribution in [0.1, 0.15) is 194 Å². The molecule has 0 fully saturated rings. The summed E-state index contributed by atoms with van der Waals surface area (Å²) in [6.45, 7) is 3.99. The van der Waals surface area contributed by atoms with E-state index in [1.807, 2.05) is 0 Å². The third-order valence-electron chi connectivity index (χ3n) is 8.98. The molecule has 0 aliphatic carbocycles. The monoisotopic (exact) mass is 725 g/mol. The quantitative estimate of drug-likeness (QED) is 0.0390. The fourth-order valence-corrected chi connectivity index (χ4v) is 5.75. The highest BCUT2D eigenvalue weighted by atomic mass is 16.6. The SMILES string of the molecule is CC/C=C\C/C=C\C/C=C\C/C=C\C/C=C\CCCCCC(=O)OC[C@H](CO)OC(=O)CCCCCCCCCCC/C=C\CCCCCCCC. The van der Waals surface area contributed by atoms with Gasteiger partial charge in [0.15, 0.2) is 6.10 Å². The van der Waals surface area contributed by atoms with Crippen LogP contribution in [-0.2, 0) is 19.1 Å². The van der Waals surface area contributed by atoms with Gasteiger partial charge in [0, 0.05) is 12.8 Å². The summed E-state index contributed by atoms with van der Waals surface area (Å²) >= 11 is 0. The van der Waals surface area contributed by atoms with Gasteiger partial charge in [-0.1, -0.05) is 170 Å². The minimum atomic E-state index is -0.789. The van der Waals surface area contributed by atoms with Crippen LogP contribution in [0, 0.1) is 0 Å². The standard InChI is InChI=1S/C47H80O5/c1-3-5-7-9-11-13-15-17-19-21-23-25-27-29-31-33-35-37-39-41-46(49)51-44-45(43-48)52-47(50)42-40-38-36-34-32-30-28-26-24-22-20-18-16-14-12-10-8-6-4-2/h5,7,11,13,17-20,23,25,29,31,45,48H,3-4,6,8-10,12,14-16,21-22,24,26-28,30,32-44H2,1-2H3/b7-5-,13-11-,19-17-,20-18-,25-23-,31-29-/t45-/m0/s1. The lowest BCUT2D eigenvalue weighted by atomic mass is 10.1. The third-order valence-corrected chi connectivity index (χ3v) is 8.98. The fourth-order valence-electron chi connectivity index (χ4n) is 5.75. The van der Waals surface area contributed by atoms with Crippen LogP contribution in [0.25, 0.3) is 0 Å². The molecular formula is C47H80O5. The Morgan fingerprint density at radius 2 is 0.827 bits per heavy atom. The molecule has 0 aliphatic heterocycles. The summed E-state index contributed by atoms with van der Waals surface area (Å²) in [5.74, 6) is -0.633. The lowest BCUT2D eigenvalue weighted by Gasteiger charge is -2.15. The van der Waals surface area contributed by atoms with Crippen LogP contribution in [0.15, 0.2) is 72.9 Å². The highest BCUT2D eigenvalue weighted by Crippen LogP contribution is 2.13. The van der Waals surface area contributed by atoms with Crippen LogP contribution in [0.3, 0.4) is 0 Å². The van der Waals surface area contributed by atoms with Crippen LogP contribution in [0.4, 0.5) is 0 Å². The minimum absolute atomic E-state index is 0.0867. The number of hydrogen-bond donors (Lipinski definition) is 1. The first-order chi connectivity index (χ1) is 25.6. The van der Waals surface area contributed by atoms with Crippen molar-refractivity contribution in [3.63, 3.8) is 0 Å². The Morgan fingerprint density at radius 1 is 0.462 bits per heavy atom. The topological polar surface area (TPSA) is 72.8 Å². The van der Waals surface area contributed by atoms with Crippen LogP contribution in [0.5, 0.6) is 0 Å². The van der Waals surface area contributed by atoms with E-state index >= 15 is 0 Å². The molecule has 0 spiro atoms. The van der Waals surface area contributed by atoms with Crippen molar-refractivity contribution in [3.05, 3.63) is 72.9 Å². The van der Waals surface area contributed by atoms with Crippen molar-refractivity contribution in [1.82, 2.24) is 0 Å². The summed E-state index contributed by atoms with van der Waals surface area (Å²) in [6.07, 6.45) is 56.8. The molecule has 298 valence electrons. The van der Waals surface area contributed by atoms with Gasteiger partial charge in [-0.2, -0.15) is 0 Å². The van der Waals surface area contributed by atoms with Crippen molar-refractivity contribution >= 4 is 11.9 Å². The van der Waals surface area contributed by atoms with Crippen molar-refractivity contribution in [2.75, 3.05) is 13.2 Å². The molecule has 1 atom stereocenters. The number of unbranched alkanes of at least 4 members (excludes halogenated alkanes) is 18. The van der Waals surface area contributed by atoms with Gasteiger partial charge in [0.2, 0.25) is 0 Å². The Morgan fingerprint density at radius 3 is 1.29 bits per heavy atom. The molecule has 0 radical (unpaired) electrons. The number of aliphatic hydroxyl groups excluding tert-OH is 1. The summed E-state index contributed by atoms with van der Waals surface area (Å²) in [5.41, 5.74) is 0. The third kappa shape index (κ3) is 40.1. The van der Waals surface area contributed by atoms with Crippen molar-refractivity contribution in [1.29, 1.82) is 0 Å². The van der Waals surface area contributed by atoms with E-state index in [1.165, 1.54) is 89.9 Å². The summed E-state index contributed by atoms with van der Waals surface area (Å²) in [5, 5.41) is 9.58. The Hall–Kier alpha value is -2.66. The molecular weight excluding hydrogens is 645 g/mol. The zero-order valence-corrected chi connectivity index (χ0v) is 33.8.